The molecule has 3 rings (SSSR count). The van der Waals surface area contributed by atoms with Crippen LogP contribution in [0.1, 0.15) is 36.0 Å². The van der Waals surface area contributed by atoms with E-state index in [-0.39, 0.29) is 41.8 Å². The molecular formula is C22H26F2N2O5S. The number of methoxy groups -OCH3 is 1. The van der Waals surface area contributed by atoms with Gasteiger partial charge in [-0.1, -0.05) is 12.1 Å². The van der Waals surface area contributed by atoms with Crippen LogP contribution >= 0.6 is 0 Å². The summed E-state index contributed by atoms with van der Waals surface area (Å²) in [7, 11) is -2.38. The first-order valence-electron chi connectivity index (χ1n) is 10.3. The van der Waals surface area contributed by atoms with Crippen LogP contribution in [0.4, 0.5) is 8.78 Å². The summed E-state index contributed by atoms with van der Waals surface area (Å²) in [5.41, 5.74) is 2.88. The van der Waals surface area contributed by atoms with E-state index in [1.54, 1.807) is 12.1 Å². The molecule has 0 heterocycles. The number of hydrogen-bond donors (Lipinski definition) is 2. The van der Waals surface area contributed by atoms with Gasteiger partial charge in [0.25, 0.3) is 0 Å². The van der Waals surface area contributed by atoms with Gasteiger partial charge < -0.3 is 14.8 Å². The molecule has 0 aliphatic heterocycles. The Balaban J connectivity index is 1.49. The highest BCUT2D eigenvalue weighted by molar-refractivity contribution is 7.89. The number of fused-ring (bicyclic) bond motifs is 1. The van der Waals surface area contributed by atoms with Crippen molar-refractivity contribution in [2.45, 2.75) is 50.2 Å². The summed E-state index contributed by atoms with van der Waals surface area (Å²) in [6, 6.07) is 9.52. The van der Waals surface area contributed by atoms with E-state index in [1.807, 2.05) is 6.07 Å². The van der Waals surface area contributed by atoms with Crippen molar-refractivity contribution >= 4 is 15.9 Å². The first-order chi connectivity index (χ1) is 15.3. The molecule has 0 radical (unpaired) electrons. The molecule has 0 aromatic heterocycles. The van der Waals surface area contributed by atoms with Gasteiger partial charge in [-0.25, -0.2) is 13.1 Å². The Labute approximate surface area is 186 Å². The number of amides is 1. The molecule has 0 unspecified atom stereocenters. The number of benzene rings is 2. The van der Waals surface area contributed by atoms with Crippen molar-refractivity contribution in [3.8, 4) is 11.5 Å². The summed E-state index contributed by atoms with van der Waals surface area (Å²) in [5.74, 6) is -0.339. The molecule has 0 saturated carbocycles. The molecule has 2 N–H and O–H groups in total. The zero-order chi connectivity index (χ0) is 23.1. The molecule has 0 saturated heterocycles. The van der Waals surface area contributed by atoms with Crippen molar-refractivity contribution < 1.29 is 31.5 Å². The minimum Gasteiger partial charge on any atom is -0.493 e. The number of nitrogens with one attached hydrogen (secondary N) is 2. The van der Waals surface area contributed by atoms with E-state index in [0.29, 0.717) is 5.56 Å². The fourth-order valence-electron chi connectivity index (χ4n) is 3.56. The van der Waals surface area contributed by atoms with Crippen molar-refractivity contribution in [3.63, 3.8) is 0 Å². The predicted molar refractivity (Wildman–Crippen MR) is 114 cm³/mol. The van der Waals surface area contributed by atoms with Crippen molar-refractivity contribution in [1.29, 1.82) is 0 Å². The van der Waals surface area contributed by atoms with Crippen LogP contribution in [-0.4, -0.2) is 34.6 Å². The molecule has 2 aromatic rings. The molecule has 1 aliphatic carbocycles. The number of alkyl halides is 2. The molecule has 10 heteroatoms. The summed E-state index contributed by atoms with van der Waals surface area (Å²) in [6.07, 6.45) is 3.97. The third-order valence-corrected chi connectivity index (χ3v) is 6.67. The van der Waals surface area contributed by atoms with Crippen molar-refractivity contribution in [3.05, 3.63) is 53.1 Å². The Morgan fingerprint density at radius 1 is 1.06 bits per heavy atom. The standard InChI is InChI=1S/C22H26F2N2O5S/c1-30-20-12-15(6-9-19(20)31-22(23)24)14-25-21(27)10-11-26-32(28,29)18-8-7-16-4-2-3-5-17(16)13-18/h6-9,12-13,22,26H,2-5,10-11,14H2,1H3,(H,25,27). The average Bonchev–Trinajstić information content (AvgIpc) is 2.77. The van der Waals surface area contributed by atoms with E-state index in [2.05, 4.69) is 14.8 Å². The van der Waals surface area contributed by atoms with Gasteiger partial charge in [0.2, 0.25) is 15.9 Å². The second-order valence-electron chi connectivity index (χ2n) is 7.43. The third-order valence-electron chi connectivity index (χ3n) is 5.21. The number of aryl methyl sites for hydroxylation is 2. The molecule has 0 atom stereocenters. The maximum Gasteiger partial charge on any atom is 0.387 e. The fourth-order valence-corrected chi connectivity index (χ4v) is 4.65. The van der Waals surface area contributed by atoms with E-state index in [0.717, 1.165) is 31.2 Å². The van der Waals surface area contributed by atoms with Crippen LogP contribution in [0.3, 0.4) is 0 Å². The summed E-state index contributed by atoms with van der Waals surface area (Å²) in [4.78, 5) is 12.3. The number of hydrogen-bond acceptors (Lipinski definition) is 5. The van der Waals surface area contributed by atoms with Gasteiger partial charge in [0.15, 0.2) is 11.5 Å². The minimum atomic E-state index is -3.70. The summed E-state index contributed by atoms with van der Waals surface area (Å²) >= 11 is 0. The molecular weight excluding hydrogens is 442 g/mol. The van der Waals surface area contributed by atoms with Crippen LogP contribution in [-0.2, 0) is 34.2 Å². The zero-order valence-electron chi connectivity index (χ0n) is 17.7. The number of halogens is 2. The van der Waals surface area contributed by atoms with E-state index < -0.39 is 16.6 Å². The minimum absolute atomic E-state index is 0.0459. The lowest BCUT2D eigenvalue weighted by Gasteiger charge is -2.16. The van der Waals surface area contributed by atoms with Gasteiger partial charge in [-0.3, -0.25) is 4.79 Å². The van der Waals surface area contributed by atoms with Gasteiger partial charge in [0, 0.05) is 19.5 Å². The molecule has 0 spiro atoms. The second-order valence-corrected chi connectivity index (χ2v) is 9.19. The second kappa shape index (κ2) is 10.7. The first kappa shape index (κ1) is 23.9. The lowest BCUT2D eigenvalue weighted by atomic mass is 9.92. The highest BCUT2D eigenvalue weighted by atomic mass is 32.2. The first-order valence-corrected chi connectivity index (χ1v) is 11.8. The van der Waals surface area contributed by atoms with E-state index in [1.165, 1.54) is 30.9 Å². The van der Waals surface area contributed by atoms with Crippen molar-refractivity contribution in [2.24, 2.45) is 0 Å². The van der Waals surface area contributed by atoms with Crippen LogP contribution in [0, 0.1) is 0 Å². The fraction of sp³-hybridized carbons (Fsp3) is 0.409. The Morgan fingerprint density at radius 3 is 2.53 bits per heavy atom. The van der Waals surface area contributed by atoms with E-state index >= 15 is 0 Å². The van der Waals surface area contributed by atoms with Gasteiger partial charge in [0.05, 0.1) is 12.0 Å². The smallest absolute Gasteiger partial charge is 0.387 e. The summed E-state index contributed by atoms with van der Waals surface area (Å²) in [5, 5.41) is 2.66. The highest BCUT2D eigenvalue weighted by Gasteiger charge is 2.18. The monoisotopic (exact) mass is 468 g/mol. The molecule has 7 nitrogen and oxygen atoms in total. The number of carbonyl (C=O) groups excluding carboxylic acids is 1. The average molecular weight is 469 g/mol. The lowest BCUT2D eigenvalue weighted by Crippen LogP contribution is -2.30. The number of sulfonamides is 1. The van der Waals surface area contributed by atoms with Crippen LogP contribution in [0.2, 0.25) is 0 Å². The zero-order valence-corrected chi connectivity index (χ0v) is 18.5. The molecule has 0 fully saturated rings. The van der Waals surface area contributed by atoms with Gasteiger partial charge >= 0.3 is 6.61 Å². The van der Waals surface area contributed by atoms with E-state index in [9.17, 15) is 22.0 Å². The Morgan fingerprint density at radius 2 is 1.81 bits per heavy atom. The van der Waals surface area contributed by atoms with Crippen LogP contribution in [0.5, 0.6) is 11.5 Å². The number of carbonyl (C=O) groups is 1. The SMILES string of the molecule is COc1cc(CNC(=O)CCNS(=O)(=O)c2ccc3c(c2)CCCC3)ccc1OC(F)F. The highest BCUT2D eigenvalue weighted by Crippen LogP contribution is 2.29. The molecule has 1 amide bonds. The van der Waals surface area contributed by atoms with Crippen molar-refractivity contribution in [2.75, 3.05) is 13.7 Å². The number of rotatable bonds is 10. The molecule has 174 valence electrons. The molecule has 1 aliphatic rings. The van der Waals surface area contributed by atoms with Crippen LogP contribution in [0.25, 0.3) is 0 Å². The molecule has 0 bridgehead atoms. The van der Waals surface area contributed by atoms with Crippen molar-refractivity contribution in [1.82, 2.24) is 10.0 Å². The Kier molecular flexibility index (Phi) is 8.03. The largest absolute Gasteiger partial charge is 0.493 e. The number of ether oxygens (including phenoxy) is 2. The maximum atomic E-state index is 12.5. The summed E-state index contributed by atoms with van der Waals surface area (Å²) < 4.78 is 61.7. The van der Waals surface area contributed by atoms with Gasteiger partial charge in [-0.15, -0.1) is 0 Å². The van der Waals surface area contributed by atoms with Gasteiger partial charge in [-0.05, 0) is 66.6 Å². The summed E-state index contributed by atoms with van der Waals surface area (Å²) in [6.45, 7) is -2.89. The molecule has 2 aromatic carbocycles. The van der Waals surface area contributed by atoms with Crippen LogP contribution < -0.4 is 19.5 Å². The normalized spacial score (nSPS) is 13.5. The van der Waals surface area contributed by atoms with Crippen LogP contribution in [0.15, 0.2) is 41.3 Å². The lowest BCUT2D eigenvalue weighted by molar-refractivity contribution is -0.121. The molecule has 32 heavy (non-hydrogen) atoms. The maximum absolute atomic E-state index is 12.5. The third kappa shape index (κ3) is 6.39. The Hall–Kier alpha value is -2.72. The topological polar surface area (TPSA) is 93.7 Å². The van der Waals surface area contributed by atoms with Gasteiger partial charge in [-0.2, -0.15) is 8.78 Å². The predicted octanol–water partition coefficient (Wildman–Crippen LogP) is 3.16. The quantitative estimate of drug-likeness (QED) is 0.559. The van der Waals surface area contributed by atoms with E-state index in [4.69, 9.17) is 4.74 Å². The Bertz CT molecular complexity index is 1060. The van der Waals surface area contributed by atoms with Gasteiger partial charge in [0.1, 0.15) is 0 Å².